The second-order valence-corrected chi connectivity index (χ2v) is 6.67. The lowest BCUT2D eigenvalue weighted by Crippen LogP contribution is -2.51. The summed E-state index contributed by atoms with van der Waals surface area (Å²) in [5, 5.41) is 5.90. The van der Waals surface area contributed by atoms with Crippen molar-refractivity contribution in [1.29, 1.82) is 0 Å². The van der Waals surface area contributed by atoms with Crippen LogP contribution >= 0.6 is 0 Å². The van der Waals surface area contributed by atoms with E-state index < -0.39 is 6.04 Å². The molecule has 0 unspecified atom stereocenters. The molecule has 4 N–H and O–H groups in total. The molecule has 7 heteroatoms. The van der Waals surface area contributed by atoms with Crippen LogP contribution in [-0.2, 0) is 9.59 Å². The fourth-order valence-electron chi connectivity index (χ4n) is 3.29. The molecule has 3 amide bonds. The number of hydrogen-bond acceptors (Lipinski definition) is 4. The van der Waals surface area contributed by atoms with Crippen molar-refractivity contribution in [2.45, 2.75) is 43.8 Å². The van der Waals surface area contributed by atoms with Gasteiger partial charge in [-0.05, 0) is 37.8 Å². The van der Waals surface area contributed by atoms with Gasteiger partial charge in [-0.15, -0.1) is 0 Å². The number of amides is 3. The lowest BCUT2D eigenvalue weighted by molar-refractivity contribution is -0.137. The lowest BCUT2D eigenvalue weighted by Gasteiger charge is -2.30. The number of nitrogens with zero attached hydrogens (tertiary/aromatic N) is 1. The Bertz CT molecular complexity index is 645. The molecule has 0 spiro atoms. The standard InChI is InChI=1S/C18H24N4O3/c19-10-16(23)22-11-14(21-17(24)12-5-2-1-3-6-12)9-15(22)18(25)20-13-7-4-8-13/h1-3,5-6,13-15H,4,7-11,19H2,(H,20,25)(H,21,24)/t14-,15+/m1/s1. The van der Waals surface area contributed by atoms with Crippen molar-refractivity contribution in [2.24, 2.45) is 5.73 Å². The van der Waals surface area contributed by atoms with Crippen LogP contribution in [0.3, 0.4) is 0 Å². The summed E-state index contributed by atoms with van der Waals surface area (Å²) in [6.45, 7) is 0.157. The third kappa shape index (κ3) is 3.99. The molecule has 2 atom stereocenters. The Morgan fingerprint density at radius 1 is 1.08 bits per heavy atom. The van der Waals surface area contributed by atoms with Crippen LogP contribution in [0.25, 0.3) is 0 Å². The summed E-state index contributed by atoms with van der Waals surface area (Å²) in [6, 6.07) is 8.26. The van der Waals surface area contributed by atoms with Crippen molar-refractivity contribution >= 4 is 17.7 Å². The van der Waals surface area contributed by atoms with Crippen molar-refractivity contribution in [3.63, 3.8) is 0 Å². The number of carbonyl (C=O) groups is 3. The summed E-state index contributed by atoms with van der Waals surface area (Å²) in [4.78, 5) is 38.4. The Morgan fingerprint density at radius 3 is 2.40 bits per heavy atom. The summed E-state index contributed by atoms with van der Waals surface area (Å²) < 4.78 is 0. The molecule has 2 aliphatic rings. The molecule has 3 rings (SSSR count). The normalized spacial score (nSPS) is 23.0. The molecule has 7 nitrogen and oxygen atoms in total. The Labute approximate surface area is 146 Å². The van der Waals surface area contributed by atoms with Crippen molar-refractivity contribution < 1.29 is 14.4 Å². The van der Waals surface area contributed by atoms with E-state index in [1.807, 2.05) is 6.07 Å². The molecule has 1 aliphatic carbocycles. The molecule has 1 saturated carbocycles. The van der Waals surface area contributed by atoms with Gasteiger partial charge in [-0.1, -0.05) is 18.2 Å². The van der Waals surface area contributed by atoms with Gasteiger partial charge in [-0.25, -0.2) is 0 Å². The fraction of sp³-hybridized carbons (Fsp3) is 0.500. The smallest absolute Gasteiger partial charge is 0.251 e. The van der Waals surface area contributed by atoms with E-state index >= 15 is 0 Å². The van der Waals surface area contributed by atoms with Gasteiger partial charge in [-0.3, -0.25) is 14.4 Å². The lowest BCUT2D eigenvalue weighted by atomic mass is 9.93. The van der Waals surface area contributed by atoms with Crippen molar-refractivity contribution in [3.05, 3.63) is 35.9 Å². The van der Waals surface area contributed by atoms with E-state index in [0.29, 0.717) is 18.5 Å². The first-order chi connectivity index (χ1) is 12.1. The first kappa shape index (κ1) is 17.4. The van der Waals surface area contributed by atoms with Crippen LogP contribution < -0.4 is 16.4 Å². The van der Waals surface area contributed by atoms with Gasteiger partial charge in [0.1, 0.15) is 6.04 Å². The van der Waals surface area contributed by atoms with Crippen LogP contribution in [0.2, 0.25) is 0 Å². The van der Waals surface area contributed by atoms with Gasteiger partial charge in [0.25, 0.3) is 5.91 Å². The molecule has 1 aliphatic heterocycles. The first-order valence-electron chi connectivity index (χ1n) is 8.74. The maximum absolute atomic E-state index is 12.5. The second-order valence-electron chi connectivity index (χ2n) is 6.67. The van der Waals surface area contributed by atoms with Gasteiger partial charge >= 0.3 is 0 Å². The van der Waals surface area contributed by atoms with Gasteiger partial charge in [0.05, 0.1) is 6.54 Å². The molecule has 1 aromatic carbocycles. The van der Waals surface area contributed by atoms with Gasteiger partial charge in [0.15, 0.2) is 0 Å². The van der Waals surface area contributed by atoms with E-state index in [-0.39, 0.29) is 36.3 Å². The molecular formula is C18H24N4O3. The Hall–Kier alpha value is -2.41. The number of nitrogens with one attached hydrogen (secondary N) is 2. The average molecular weight is 344 g/mol. The second kappa shape index (κ2) is 7.65. The highest BCUT2D eigenvalue weighted by molar-refractivity contribution is 5.95. The number of nitrogens with two attached hydrogens (primary N) is 1. The number of carbonyl (C=O) groups excluding carboxylic acids is 3. The topological polar surface area (TPSA) is 105 Å². The van der Waals surface area contributed by atoms with E-state index in [2.05, 4.69) is 10.6 Å². The van der Waals surface area contributed by atoms with Gasteiger partial charge < -0.3 is 21.3 Å². The van der Waals surface area contributed by atoms with Crippen molar-refractivity contribution in [2.75, 3.05) is 13.1 Å². The van der Waals surface area contributed by atoms with E-state index in [1.54, 1.807) is 24.3 Å². The van der Waals surface area contributed by atoms with Crippen LogP contribution in [0.1, 0.15) is 36.0 Å². The highest BCUT2D eigenvalue weighted by Gasteiger charge is 2.40. The molecule has 1 heterocycles. The number of hydrogen-bond donors (Lipinski definition) is 3. The summed E-state index contributed by atoms with van der Waals surface area (Å²) in [7, 11) is 0. The molecule has 134 valence electrons. The predicted molar refractivity (Wildman–Crippen MR) is 92.7 cm³/mol. The fourth-order valence-corrected chi connectivity index (χ4v) is 3.29. The Balaban J connectivity index is 1.64. The molecule has 0 aromatic heterocycles. The van der Waals surface area contributed by atoms with E-state index in [9.17, 15) is 14.4 Å². The molecule has 2 fully saturated rings. The number of likely N-dealkylation sites (tertiary alicyclic amines) is 1. The zero-order chi connectivity index (χ0) is 17.8. The maximum Gasteiger partial charge on any atom is 0.251 e. The van der Waals surface area contributed by atoms with Crippen LogP contribution in [0, 0.1) is 0 Å². The van der Waals surface area contributed by atoms with Gasteiger partial charge in [-0.2, -0.15) is 0 Å². The van der Waals surface area contributed by atoms with Crippen molar-refractivity contribution in [1.82, 2.24) is 15.5 Å². The van der Waals surface area contributed by atoms with Crippen LogP contribution in [0.5, 0.6) is 0 Å². The summed E-state index contributed by atoms with van der Waals surface area (Å²) in [5.74, 6) is -0.626. The summed E-state index contributed by atoms with van der Waals surface area (Å²) in [6.07, 6.45) is 3.49. The molecule has 0 bridgehead atoms. The van der Waals surface area contributed by atoms with E-state index in [4.69, 9.17) is 5.73 Å². The zero-order valence-electron chi connectivity index (χ0n) is 14.1. The highest BCUT2D eigenvalue weighted by Crippen LogP contribution is 2.22. The summed E-state index contributed by atoms with van der Waals surface area (Å²) >= 11 is 0. The third-order valence-corrected chi connectivity index (χ3v) is 4.92. The summed E-state index contributed by atoms with van der Waals surface area (Å²) in [5.41, 5.74) is 6.04. The zero-order valence-corrected chi connectivity index (χ0v) is 14.1. The van der Waals surface area contributed by atoms with E-state index in [1.165, 1.54) is 4.90 Å². The van der Waals surface area contributed by atoms with Gasteiger partial charge in [0.2, 0.25) is 11.8 Å². The largest absolute Gasteiger partial charge is 0.352 e. The minimum absolute atomic E-state index is 0.146. The maximum atomic E-state index is 12.5. The Morgan fingerprint density at radius 2 is 1.80 bits per heavy atom. The molecule has 1 saturated heterocycles. The quantitative estimate of drug-likeness (QED) is 0.700. The predicted octanol–water partition coefficient (Wildman–Crippen LogP) is 0.0133. The molecular weight excluding hydrogens is 320 g/mol. The average Bonchev–Trinajstić information content (AvgIpc) is 3.02. The van der Waals surface area contributed by atoms with Crippen molar-refractivity contribution in [3.8, 4) is 0 Å². The SMILES string of the molecule is NCC(=O)N1C[C@H](NC(=O)c2ccccc2)C[C@H]1C(=O)NC1CCC1. The third-order valence-electron chi connectivity index (χ3n) is 4.92. The first-order valence-corrected chi connectivity index (χ1v) is 8.74. The van der Waals surface area contributed by atoms with Crippen LogP contribution in [0.15, 0.2) is 30.3 Å². The Kier molecular flexibility index (Phi) is 5.33. The van der Waals surface area contributed by atoms with Gasteiger partial charge in [0, 0.05) is 24.2 Å². The monoisotopic (exact) mass is 344 g/mol. The van der Waals surface area contributed by atoms with Crippen LogP contribution in [-0.4, -0.2) is 53.8 Å². The molecule has 0 radical (unpaired) electrons. The minimum Gasteiger partial charge on any atom is -0.352 e. The molecule has 25 heavy (non-hydrogen) atoms. The number of benzene rings is 1. The van der Waals surface area contributed by atoms with Crippen LogP contribution in [0.4, 0.5) is 0 Å². The number of rotatable bonds is 5. The minimum atomic E-state index is -0.572. The van der Waals surface area contributed by atoms with E-state index in [0.717, 1.165) is 19.3 Å². The molecule has 1 aromatic rings. The highest BCUT2D eigenvalue weighted by atomic mass is 16.2.